The number of hydrogen-bond acceptors (Lipinski definition) is 9. The molecule has 3 fully saturated rings. The minimum atomic E-state index is 0.149. The lowest BCUT2D eigenvalue weighted by Crippen LogP contribution is -2.27. The number of aromatic nitrogens is 9. The zero-order valence-electron chi connectivity index (χ0n) is 70.5. The van der Waals surface area contributed by atoms with E-state index in [1.807, 2.05) is 98.2 Å². The summed E-state index contributed by atoms with van der Waals surface area (Å²) in [6.45, 7) is 0. The zero-order valence-corrected chi connectivity index (χ0v) is 70.5. The van der Waals surface area contributed by atoms with Gasteiger partial charge in [0.2, 0.25) is 0 Å². The summed E-state index contributed by atoms with van der Waals surface area (Å²) in [5.41, 5.74) is 44.1. The van der Waals surface area contributed by atoms with E-state index in [0.717, 1.165) is 101 Å². The Morgan fingerprint density at radius 1 is 0.159 bits per heavy atom. The van der Waals surface area contributed by atoms with Crippen LogP contribution in [0.2, 0.25) is 0 Å². The third-order valence-corrected chi connectivity index (χ3v) is 27.8. The van der Waals surface area contributed by atoms with Crippen LogP contribution in [0.25, 0.3) is 168 Å². The van der Waals surface area contributed by atoms with Crippen molar-refractivity contribution in [1.82, 2.24) is 44.9 Å². The van der Waals surface area contributed by atoms with Crippen molar-refractivity contribution in [3.05, 3.63) is 417 Å². The van der Waals surface area contributed by atoms with E-state index in [1.54, 1.807) is 18.6 Å². The smallest absolute Gasteiger partial charge is 0.0731 e. The Hall–Kier alpha value is -14.7. The maximum Gasteiger partial charge on any atom is 0.0731 e. The third kappa shape index (κ3) is 14.2. The quantitative estimate of drug-likeness (QED) is 0.118. The molecule has 9 aromatic heterocycles. The van der Waals surface area contributed by atoms with Crippen molar-refractivity contribution in [3.8, 4) is 168 Å². The summed E-state index contributed by atoms with van der Waals surface area (Å²) >= 11 is 0. The van der Waals surface area contributed by atoms with Crippen molar-refractivity contribution in [2.75, 3.05) is 0 Å². The molecule has 6 aliphatic carbocycles. The van der Waals surface area contributed by atoms with Gasteiger partial charge in [-0.2, -0.15) is 0 Å². The largest absolute Gasteiger partial charge is 0.265 e. The molecule has 6 aliphatic rings. The first-order chi connectivity index (χ1) is 62.4. The summed E-state index contributed by atoms with van der Waals surface area (Å²) in [7, 11) is 0. The maximum atomic E-state index is 5.16. The average molecular weight is 1630 g/mol. The van der Waals surface area contributed by atoms with Crippen LogP contribution in [-0.4, -0.2) is 44.9 Å². The second-order valence-corrected chi connectivity index (χ2v) is 34.8. The lowest BCUT2D eigenvalue weighted by atomic mass is 9.68. The van der Waals surface area contributed by atoms with Gasteiger partial charge in [0.15, 0.2) is 0 Å². The second-order valence-electron chi connectivity index (χ2n) is 34.8. The Morgan fingerprint density at radius 3 is 0.762 bits per heavy atom. The van der Waals surface area contributed by atoms with Gasteiger partial charge in [-0.25, -0.2) is 15.0 Å². The molecule has 0 bridgehead atoms. The lowest BCUT2D eigenvalue weighted by molar-refractivity contribution is 0.353. The van der Waals surface area contributed by atoms with Crippen LogP contribution in [0.1, 0.15) is 130 Å². The highest BCUT2D eigenvalue weighted by Gasteiger charge is 2.47. The van der Waals surface area contributed by atoms with E-state index in [-0.39, 0.29) is 16.2 Å². The van der Waals surface area contributed by atoms with E-state index in [4.69, 9.17) is 15.0 Å². The van der Waals surface area contributed by atoms with E-state index in [9.17, 15) is 0 Å². The topological polar surface area (TPSA) is 116 Å². The Balaban J connectivity index is 0.000000112. The molecule has 0 atom stereocenters. The van der Waals surface area contributed by atoms with Crippen LogP contribution >= 0.6 is 0 Å². The zero-order chi connectivity index (χ0) is 83.8. The van der Waals surface area contributed by atoms with Crippen molar-refractivity contribution < 1.29 is 0 Å². The Morgan fingerprint density at radius 2 is 0.421 bits per heavy atom. The van der Waals surface area contributed by atoms with Crippen LogP contribution in [-0.2, 0) is 16.2 Å². The summed E-state index contributed by atoms with van der Waals surface area (Å²) in [6, 6.07) is 112. The molecule has 126 heavy (non-hydrogen) atoms. The predicted octanol–water partition coefficient (Wildman–Crippen LogP) is 29.3. The number of hydrogen-bond donors (Lipinski definition) is 0. The molecule has 0 saturated heterocycles. The second kappa shape index (κ2) is 33.5. The van der Waals surface area contributed by atoms with E-state index in [2.05, 4.69) is 297 Å². The number of benzene rings is 9. The highest BCUT2D eigenvalue weighted by atomic mass is 14.8. The molecule has 9 heteroatoms. The molecule has 24 rings (SSSR count). The van der Waals surface area contributed by atoms with Gasteiger partial charge >= 0.3 is 0 Å². The number of pyridine rings is 9. The van der Waals surface area contributed by atoms with Gasteiger partial charge in [0.05, 0.1) is 34.2 Å². The molecule has 0 N–H and O–H groups in total. The van der Waals surface area contributed by atoms with Crippen molar-refractivity contribution in [1.29, 1.82) is 0 Å². The Bertz CT molecular complexity index is 6590. The Labute approximate surface area is 737 Å². The van der Waals surface area contributed by atoms with Crippen LogP contribution < -0.4 is 0 Å². The van der Waals surface area contributed by atoms with E-state index in [0.29, 0.717) is 0 Å². The van der Waals surface area contributed by atoms with Gasteiger partial charge < -0.3 is 0 Å². The summed E-state index contributed by atoms with van der Waals surface area (Å²) in [6.07, 6.45) is 41.4. The molecule has 0 unspecified atom stereocenters. The predicted molar refractivity (Wildman–Crippen MR) is 513 cm³/mol. The van der Waals surface area contributed by atoms with Gasteiger partial charge in [0.25, 0.3) is 0 Å². The van der Waals surface area contributed by atoms with Crippen LogP contribution in [0.4, 0.5) is 0 Å². The fraction of sp³-hybridized carbons (Fsp3) is 0.154. The molecule has 9 nitrogen and oxygen atoms in total. The minimum absolute atomic E-state index is 0.149. The normalized spacial score (nSPS) is 14.9. The van der Waals surface area contributed by atoms with Gasteiger partial charge in [0.1, 0.15) is 0 Å². The van der Waals surface area contributed by atoms with E-state index in [1.165, 1.54) is 196 Å². The Kier molecular flexibility index (Phi) is 20.6. The number of nitrogens with zero attached hydrogens (tertiary/aromatic N) is 9. The summed E-state index contributed by atoms with van der Waals surface area (Å²) in [5.74, 6) is 0. The molecule has 3 spiro atoms. The molecule has 0 aliphatic heterocycles. The minimum Gasteiger partial charge on any atom is -0.265 e. The highest BCUT2D eigenvalue weighted by Crippen LogP contribution is 2.62. The highest BCUT2D eigenvalue weighted by molar-refractivity contribution is 5.97. The van der Waals surface area contributed by atoms with Gasteiger partial charge in [0, 0.05) is 141 Å². The van der Waals surface area contributed by atoms with Crippen molar-refractivity contribution >= 4 is 0 Å². The monoisotopic (exact) mass is 1620 g/mol. The molecule has 0 radical (unpaired) electrons. The molecule has 606 valence electrons. The van der Waals surface area contributed by atoms with Crippen LogP contribution in [0, 0.1) is 0 Å². The van der Waals surface area contributed by atoms with E-state index < -0.39 is 0 Å². The summed E-state index contributed by atoms with van der Waals surface area (Å²) < 4.78 is 0. The third-order valence-electron chi connectivity index (χ3n) is 27.8. The average Bonchev–Trinajstić information content (AvgIpc) is 1.56. The molecule has 9 heterocycles. The van der Waals surface area contributed by atoms with Crippen LogP contribution in [0.15, 0.2) is 384 Å². The van der Waals surface area contributed by atoms with Gasteiger partial charge in [-0.05, 0) is 258 Å². The summed E-state index contributed by atoms with van der Waals surface area (Å²) in [5, 5.41) is 0. The van der Waals surface area contributed by atoms with Crippen molar-refractivity contribution in [2.24, 2.45) is 0 Å². The molecule has 9 aromatic carbocycles. The fourth-order valence-corrected chi connectivity index (χ4v) is 22.0. The number of fused-ring (bicyclic) bond motifs is 15. The van der Waals surface area contributed by atoms with E-state index >= 15 is 0 Å². The fourth-order valence-electron chi connectivity index (χ4n) is 22.0. The molecule has 0 amide bonds. The first kappa shape index (κ1) is 77.4. The van der Waals surface area contributed by atoms with Crippen LogP contribution in [0.3, 0.4) is 0 Å². The van der Waals surface area contributed by atoms with Crippen molar-refractivity contribution in [2.45, 2.75) is 113 Å². The van der Waals surface area contributed by atoms with Crippen molar-refractivity contribution in [3.63, 3.8) is 0 Å². The molecular formula is C117H93N9. The van der Waals surface area contributed by atoms with Gasteiger partial charge in [-0.1, -0.05) is 264 Å². The first-order valence-corrected chi connectivity index (χ1v) is 44.9. The molecule has 3 saturated carbocycles. The number of rotatable bonds is 12. The van der Waals surface area contributed by atoms with Crippen LogP contribution in [0.5, 0.6) is 0 Å². The SMILES string of the molecule is c1cncc(-c2cc(-c3ccc(-c4cccc5c4-c4ccccc4C54CCCCC4)cc3)nc(-c3cccnc3)c2)c1.c1cncc(-c2cc(-c3cccnc3)nc(-c3cccc(-c4cccc5c4-c4ccccc4C54CCCCC4)c3)c2)c1.c1cncc(-c2cc(-c3ccncc3)nc(-c3cccc(-c4cccc5c4-c4ccccc4C54CCCCC4)c3)c2)c1. The lowest BCUT2D eigenvalue weighted by Gasteiger charge is -2.36. The summed E-state index contributed by atoms with van der Waals surface area (Å²) in [4.78, 5) is 41.4. The maximum absolute atomic E-state index is 5.16. The molecule has 18 aromatic rings. The molecular weight excluding hydrogens is 1530 g/mol. The van der Waals surface area contributed by atoms with Gasteiger partial charge in [-0.15, -0.1) is 0 Å². The first-order valence-electron chi connectivity index (χ1n) is 44.9. The van der Waals surface area contributed by atoms with Gasteiger partial charge in [-0.3, -0.25) is 29.9 Å². The standard InChI is InChI=1S/3C39H31N3/c1-4-18-39(19-5-1)34-16-3-2-14-33(34)38-32(15-7-17-35(38)39)27-10-6-11-28(22-27)36-23-31(29-12-8-20-40-25-29)24-37(42-36)30-13-9-21-41-26-30;1-4-19-39(20-5-1)34-13-3-2-11-33(34)38-32(12-6-14-35(38)39)27-15-17-28(18-16-27)36-23-31(29-9-7-21-40-25-29)24-37(42-36)30-10-8-22-41-26-30;1-4-18-39(19-5-1)34-14-3-2-12-33(34)38-32(13-7-15-35(38)39)28-9-6-10-29(23-28)37-25-31(30-11-8-20-41-26-30)24-36(42-37)27-16-21-40-22-17-27/h2-3,6-17,20-26H,1,4-5,18-19H2;2-3,6-18,21-26H,1,4-5,19-20H2;2-3,6-17,20-26H,1,4-5,18-19H2.